The van der Waals surface area contributed by atoms with Crippen LogP contribution in [0.3, 0.4) is 0 Å². The molecular weight excluding hydrogens is 208 g/mol. The molecule has 0 aliphatic rings. The number of aliphatic hydroxyl groups excluding tert-OH is 1. The number of ketones is 1. The molecule has 0 saturated carbocycles. The van der Waals surface area contributed by atoms with Crippen molar-refractivity contribution >= 4 is 21.7 Å². The van der Waals surface area contributed by atoms with Crippen molar-refractivity contribution in [3.63, 3.8) is 0 Å². The molecule has 0 aromatic heterocycles. The van der Waals surface area contributed by atoms with E-state index in [9.17, 15) is 4.79 Å². The van der Waals surface area contributed by atoms with Crippen LogP contribution in [-0.4, -0.2) is 15.9 Å². The summed E-state index contributed by atoms with van der Waals surface area (Å²) < 4.78 is 0. The summed E-state index contributed by atoms with van der Waals surface area (Å²) in [6.45, 7) is 0. The average Bonchev–Trinajstić information content (AvgIpc) is 2.05. The van der Waals surface area contributed by atoms with E-state index in [1.54, 1.807) is 24.3 Å². The van der Waals surface area contributed by atoms with Crippen LogP contribution in [0.1, 0.15) is 10.4 Å². The van der Waals surface area contributed by atoms with Gasteiger partial charge in [-0.1, -0.05) is 30.3 Å². The van der Waals surface area contributed by atoms with E-state index in [2.05, 4.69) is 15.9 Å². The zero-order valence-corrected chi connectivity index (χ0v) is 7.28. The summed E-state index contributed by atoms with van der Waals surface area (Å²) in [7, 11) is 0. The van der Waals surface area contributed by atoms with E-state index in [-0.39, 0.29) is 5.78 Å². The van der Waals surface area contributed by atoms with Gasteiger partial charge in [0.15, 0.2) is 5.01 Å². The fourth-order valence-electron chi connectivity index (χ4n) is 0.740. The average molecular weight is 215 g/mol. The first-order valence-corrected chi connectivity index (χ1v) is 4.05. The van der Waals surface area contributed by atoms with E-state index in [1.807, 2.05) is 6.07 Å². The highest BCUT2D eigenvalue weighted by atomic mass is 79.9. The molecule has 0 amide bonds. The van der Waals surface area contributed by atoms with E-state index in [0.29, 0.717) is 5.56 Å². The van der Waals surface area contributed by atoms with E-state index in [1.165, 1.54) is 0 Å². The van der Waals surface area contributed by atoms with Crippen molar-refractivity contribution in [2.24, 2.45) is 0 Å². The molecule has 1 N–H and O–H groups in total. The van der Waals surface area contributed by atoms with Crippen molar-refractivity contribution in [1.29, 1.82) is 0 Å². The molecule has 2 nitrogen and oxygen atoms in total. The molecule has 1 atom stereocenters. The first kappa shape index (κ1) is 8.43. The Morgan fingerprint density at radius 1 is 1.36 bits per heavy atom. The van der Waals surface area contributed by atoms with Crippen LogP contribution in [0.15, 0.2) is 30.3 Å². The second-order valence-corrected chi connectivity index (χ2v) is 2.93. The van der Waals surface area contributed by atoms with Crippen LogP contribution in [0.25, 0.3) is 0 Å². The maximum Gasteiger partial charge on any atom is 0.202 e. The maximum atomic E-state index is 11.0. The molecule has 0 spiro atoms. The molecule has 1 aromatic rings. The SMILES string of the molecule is O=C(c1ccccc1)[C@H](O)Br. The summed E-state index contributed by atoms with van der Waals surface area (Å²) in [6, 6.07) is 8.64. The summed E-state index contributed by atoms with van der Waals surface area (Å²) in [5.41, 5.74) is 0.511. The Balaban J connectivity index is 2.86. The third-order valence-corrected chi connectivity index (χ3v) is 1.69. The highest BCUT2D eigenvalue weighted by molar-refractivity contribution is 9.09. The summed E-state index contributed by atoms with van der Waals surface area (Å²) in [5, 5.41) is 7.75. The van der Waals surface area contributed by atoms with Gasteiger partial charge in [0.05, 0.1) is 0 Å². The van der Waals surface area contributed by atoms with Crippen LogP contribution < -0.4 is 0 Å². The van der Waals surface area contributed by atoms with Gasteiger partial charge in [0, 0.05) is 5.56 Å². The molecule has 1 aromatic carbocycles. The molecule has 3 heteroatoms. The van der Waals surface area contributed by atoms with Gasteiger partial charge in [-0.05, 0) is 15.9 Å². The Labute approximate surface area is 73.0 Å². The van der Waals surface area contributed by atoms with Crippen molar-refractivity contribution in [3.05, 3.63) is 35.9 Å². The number of halogens is 1. The first-order valence-electron chi connectivity index (χ1n) is 3.13. The predicted molar refractivity (Wildman–Crippen MR) is 45.7 cm³/mol. The van der Waals surface area contributed by atoms with Crippen LogP contribution in [0, 0.1) is 0 Å². The van der Waals surface area contributed by atoms with Crippen LogP contribution >= 0.6 is 15.9 Å². The molecule has 0 radical (unpaired) electrons. The molecule has 0 heterocycles. The van der Waals surface area contributed by atoms with Crippen LogP contribution in [0.2, 0.25) is 0 Å². The fraction of sp³-hybridized carbons (Fsp3) is 0.125. The van der Waals surface area contributed by atoms with Crippen molar-refractivity contribution in [2.45, 2.75) is 5.01 Å². The molecule has 58 valence electrons. The Hall–Kier alpha value is -0.670. The Morgan fingerprint density at radius 2 is 1.91 bits per heavy atom. The number of hydrogen-bond acceptors (Lipinski definition) is 2. The lowest BCUT2D eigenvalue weighted by Crippen LogP contribution is -2.12. The largest absolute Gasteiger partial charge is 0.374 e. The van der Waals surface area contributed by atoms with Gasteiger partial charge in [0.25, 0.3) is 0 Å². The van der Waals surface area contributed by atoms with Crippen LogP contribution in [-0.2, 0) is 0 Å². The Bertz CT molecular complexity index is 244. The Kier molecular flexibility index (Phi) is 2.79. The number of Topliss-reactive ketones (excluding diaryl/α,β-unsaturated/α-hetero) is 1. The molecule has 0 aliphatic heterocycles. The quantitative estimate of drug-likeness (QED) is 0.600. The molecule has 11 heavy (non-hydrogen) atoms. The van der Waals surface area contributed by atoms with Crippen molar-refractivity contribution in [2.75, 3.05) is 0 Å². The van der Waals surface area contributed by atoms with E-state index in [4.69, 9.17) is 5.11 Å². The van der Waals surface area contributed by atoms with Crippen molar-refractivity contribution in [3.8, 4) is 0 Å². The molecule has 0 fully saturated rings. The lowest BCUT2D eigenvalue weighted by atomic mass is 10.1. The van der Waals surface area contributed by atoms with E-state index >= 15 is 0 Å². The molecule has 0 aliphatic carbocycles. The topological polar surface area (TPSA) is 37.3 Å². The minimum absolute atomic E-state index is 0.314. The highest BCUT2D eigenvalue weighted by Gasteiger charge is 2.11. The molecule has 0 bridgehead atoms. The monoisotopic (exact) mass is 214 g/mol. The number of hydrogen-bond donors (Lipinski definition) is 1. The number of alkyl halides is 1. The second-order valence-electron chi connectivity index (χ2n) is 2.07. The third kappa shape index (κ3) is 2.13. The van der Waals surface area contributed by atoms with Gasteiger partial charge in [-0.15, -0.1) is 0 Å². The van der Waals surface area contributed by atoms with Gasteiger partial charge >= 0.3 is 0 Å². The second kappa shape index (κ2) is 3.64. The van der Waals surface area contributed by atoms with Crippen molar-refractivity contribution in [1.82, 2.24) is 0 Å². The zero-order chi connectivity index (χ0) is 8.27. The third-order valence-electron chi connectivity index (χ3n) is 1.27. The Morgan fingerprint density at radius 3 is 2.36 bits per heavy atom. The van der Waals surface area contributed by atoms with Gasteiger partial charge in [-0.2, -0.15) is 0 Å². The minimum atomic E-state index is -1.09. The summed E-state index contributed by atoms with van der Waals surface area (Å²) in [4.78, 5) is 11.0. The molecule has 1 rings (SSSR count). The highest BCUT2D eigenvalue weighted by Crippen LogP contribution is 2.06. The minimum Gasteiger partial charge on any atom is -0.374 e. The van der Waals surface area contributed by atoms with Gasteiger partial charge < -0.3 is 5.11 Å². The van der Waals surface area contributed by atoms with Gasteiger partial charge in [-0.25, -0.2) is 0 Å². The number of carbonyl (C=O) groups is 1. The normalized spacial score (nSPS) is 12.5. The molecule has 0 unspecified atom stereocenters. The number of aliphatic hydroxyl groups is 1. The van der Waals surface area contributed by atoms with Crippen molar-refractivity contribution < 1.29 is 9.90 Å². The van der Waals surface area contributed by atoms with Gasteiger partial charge in [-0.3, -0.25) is 4.79 Å². The zero-order valence-electron chi connectivity index (χ0n) is 5.70. The number of carbonyl (C=O) groups excluding carboxylic acids is 1. The number of benzene rings is 1. The predicted octanol–water partition coefficient (Wildman–Crippen LogP) is 1.58. The number of rotatable bonds is 2. The van der Waals surface area contributed by atoms with Crippen LogP contribution in [0.4, 0.5) is 0 Å². The van der Waals surface area contributed by atoms with Crippen LogP contribution in [0.5, 0.6) is 0 Å². The maximum absolute atomic E-state index is 11.0. The van der Waals surface area contributed by atoms with Gasteiger partial charge in [0.2, 0.25) is 5.78 Å². The summed E-state index contributed by atoms with van der Waals surface area (Å²) >= 11 is 2.78. The van der Waals surface area contributed by atoms with E-state index in [0.717, 1.165) is 0 Å². The fourth-order valence-corrected chi connectivity index (χ4v) is 1.00. The standard InChI is InChI=1S/C8H7BrO2/c9-8(11)7(10)6-4-2-1-3-5-6/h1-5,8,11H/t8-/m0/s1. The summed E-state index contributed by atoms with van der Waals surface area (Å²) in [6.07, 6.45) is 0. The first-order chi connectivity index (χ1) is 5.22. The molecule has 0 saturated heterocycles. The smallest absolute Gasteiger partial charge is 0.202 e. The lowest BCUT2D eigenvalue weighted by Gasteiger charge is -1.99. The lowest BCUT2D eigenvalue weighted by molar-refractivity contribution is 0.0875. The van der Waals surface area contributed by atoms with Gasteiger partial charge in [0.1, 0.15) is 0 Å². The van der Waals surface area contributed by atoms with E-state index < -0.39 is 5.01 Å². The molecular formula is C8H7BrO2. The summed E-state index contributed by atoms with van der Waals surface area (Å²) in [5.74, 6) is -0.314.